The largest absolute Gasteiger partial charge is 0.376 e. The molecule has 2 aromatic rings. The second kappa shape index (κ2) is 4.58. The van der Waals surface area contributed by atoms with Crippen LogP contribution in [0, 0.1) is 0 Å². The van der Waals surface area contributed by atoms with E-state index in [-0.39, 0.29) is 6.04 Å². The van der Waals surface area contributed by atoms with Crippen molar-refractivity contribution in [3.8, 4) is 0 Å². The van der Waals surface area contributed by atoms with Crippen molar-refractivity contribution < 1.29 is 0 Å². The molecule has 0 radical (unpaired) electrons. The minimum atomic E-state index is 0.175. The standard InChI is InChI=1S/C16H18N4S/c1-20-8-10(19-16(17)21)6-12-11-3-2-4-13-15(11)9(7-18-13)5-14(12)20/h2-4,6-7,10,14,18H,5,8H2,1H3,(H3,17,19,21)/t10-,14+/m0/s1. The molecule has 1 aliphatic heterocycles. The van der Waals surface area contributed by atoms with Crippen molar-refractivity contribution >= 4 is 33.8 Å². The van der Waals surface area contributed by atoms with Crippen molar-refractivity contribution in [2.45, 2.75) is 18.5 Å². The van der Waals surface area contributed by atoms with Crippen LogP contribution in [0.4, 0.5) is 0 Å². The van der Waals surface area contributed by atoms with E-state index in [0.29, 0.717) is 11.2 Å². The van der Waals surface area contributed by atoms with Crippen LogP contribution < -0.4 is 11.1 Å². The van der Waals surface area contributed by atoms with E-state index in [0.717, 1.165) is 13.0 Å². The minimum absolute atomic E-state index is 0.175. The van der Waals surface area contributed by atoms with Gasteiger partial charge in [-0.15, -0.1) is 0 Å². The molecule has 0 spiro atoms. The molecule has 4 rings (SSSR count). The second-order valence-corrected chi connectivity index (χ2v) is 6.38. The van der Waals surface area contributed by atoms with Gasteiger partial charge in [0.2, 0.25) is 0 Å². The van der Waals surface area contributed by atoms with Crippen LogP contribution in [0.3, 0.4) is 0 Å². The Hall–Kier alpha value is -1.85. The lowest BCUT2D eigenvalue weighted by Gasteiger charge is -2.40. The van der Waals surface area contributed by atoms with Crippen LogP contribution in [0.2, 0.25) is 0 Å². The van der Waals surface area contributed by atoms with Gasteiger partial charge < -0.3 is 16.0 Å². The molecule has 2 atom stereocenters. The van der Waals surface area contributed by atoms with Gasteiger partial charge in [0.1, 0.15) is 0 Å². The fourth-order valence-electron chi connectivity index (χ4n) is 3.73. The van der Waals surface area contributed by atoms with E-state index < -0.39 is 0 Å². The van der Waals surface area contributed by atoms with Gasteiger partial charge in [-0.05, 0) is 48.5 Å². The number of nitrogens with two attached hydrogens (primary N) is 1. The fraction of sp³-hybridized carbons (Fsp3) is 0.312. The number of rotatable bonds is 1. The van der Waals surface area contributed by atoms with E-state index in [2.05, 4.69) is 52.7 Å². The lowest BCUT2D eigenvalue weighted by Crippen LogP contribution is -2.51. The summed E-state index contributed by atoms with van der Waals surface area (Å²) in [5, 5.41) is 4.90. The molecule has 21 heavy (non-hydrogen) atoms. The lowest BCUT2D eigenvalue weighted by atomic mass is 9.81. The summed E-state index contributed by atoms with van der Waals surface area (Å²) in [6, 6.07) is 7.08. The first-order valence-electron chi connectivity index (χ1n) is 7.21. The molecule has 1 aromatic carbocycles. The molecular weight excluding hydrogens is 280 g/mol. The van der Waals surface area contributed by atoms with Gasteiger partial charge in [-0.3, -0.25) is 4.90 Å². The van der Waals surface area contributed by atoms with E-state index >= 15 is 0 Å². The van der Waals surface area contributed by atoms with Crippen LogP contribution in [0.25, 0.3) is 16.5 Å². The van der Waals surface area contributed by atoms with Crippen molar-refractivity contribution in [2.24, 2.45) is 5.73 Å². The van der Waals surface area contributed by atoms with E-state index in [1.807, 2.05) is 0 Å². The summed E-state index contributed by atoms with van der Waals surface area (Å²) in [6.45, 7) is 0.918. The number of aromatic nitrogens is 1. The summed E-state index contributed by atoms with van der Waals surface area (Å²) in [4.78, 5) is 5.77. The average molecular weight is 298 g/mol. The predicted octanol–water partition coefficient (Wildman–Crippen LogP) is 1.62. The SMILES string of the molecule is CN1C[C@@H](NC(N)=S)C=C2c3cccc4[nH]cc(c34)C[C@H]21. The molecular formula is C16H18N4S. The summed E-state index contributed by atoms with van der Waals surface area (Å²) in [6.07, 6.45) is 5.51. The Balaban J connectivity index is 1.87. The molecule has 0 saturated carbocycles. The highest BCUT2D eigenvalue weighted by Gasteiger charge is 2.33. The molecule has 4 nitrogen and oxygen atoms in total. The highest BCUT2D eigenvalue weighted by Crippen LogP contribution is 2.39. The first-order chi connectivity index (χ1) is 10.1. The number of hydrogen-bond donors (Lipinski definition) is 3. The molecule has 0 fully saturated rings. The maximum Gasteiger partial charge on any atom is 0.164 e. The molecule has 1 aromatic heterocycles. The topological polar surface area (TPSA) is 57.1 Å². The molecule has 108 valence electrons. The zero-order chi connectivity index (χ0) is 14.6. The van der Waals surface area contributed by atoms with Crippen molar-refractivity contribution in [2.75, 3.05) is 13.6 Å². The third kappa shape index (κ3) is 1.96. The summed E-state index contributed by atoms with van der Waals surface area (Å²) in [7, 11) is 2.17. The number of nitrogens with one attached hydrogen (secondary N) is 2. The van der Waals surface area contributed by atoms with E-state index in [1.54, 1.807) is 0 Å². The van der Waals surface area contributed by atoms with Gasteiger partial charge in [-0.1, -0.05) is 18.2 Å². The lowest BCUT2D eigenvalue weighted by molar-refractivity contribution is 0.262. The van der Waals surface area contributed by atoms with Gasteiger partial charge in [0.05, 0.1) is 6.04 Å². The zero-order valence-corrected chi connectivity index (χ0v) is 12.7. The number of nitrogens with zero attached hydrogens (tertiary/aromatic N) is 1. The first-order valence-corrected chi connectivity index (χ1v) is 7.61. The summed E-state index contributed by atoms with van der Waals surface area (Å²) in [5.74, 6) is 0. The van der Waals surface area contributed by atoms with Crippen LogP contribution in [0.5, 0.6) is 0 Å². The molecule has 0 bridgehead atoms. The van der Waals surface area contributed by atoms with Crippen molar-refractivity contribution in [1.29, 1.82) is 0 Å². The molecule has 2 heterocycles. The maximum atomic E-state index is 5.64. The summed E-state index contributed by atoms with van der Waals surface area (Å²) in [5.41, 5.74) is 11.0. The normalized spacial score (nSPS) is 24.5. The Morgan fingerprint density at radius 1 is 1.48 bits per heavy atom. The zero-order valence-electron chi connectivity index (χ0n) is 11.9. The van der Waals surface area contributed by atoms with Gasteiger partial charge in [0.25, 0.3) is 0 Å². The third-order valence-corrected chi connectivity index (χ3v) is 4.71. The van der Waals surface area contributed by atoms with E-state index in [9.17, 15) is 0 Å². The number of likely N-dealkylation sites (N-methyl/N-ethyl adjacent to an activating group) is 1. The Bertz CT molecular complexity index is 761. The Morgan fingerprint density at radius 3 is 3.14 bits per heavy atom. The Kier molecular flexibility index (Phi) is 2.80. The highest BCUT2D eigenvalue weighted by molar-refractivity contribution is 7.80. The van der Waals surface area contributed by atoms with Crippen LogP contribution in [-0.4, -0.2) is 40.7 Å². The van der Waals surface area contributed by atoms with Crippen LogP contribution >= 0.6 is 12.2 Å². The van der Waals surface area contributed by atoms with E-state index in [1.165, 1.54) is 27.6 Å². The smallest absolute Gasteiger partial charge is 0.164 e. The number of aromatic amines is 1. The van der Waals surface area contributed by atoms with Crippen LogP contribution in [0.1, 0.15) is 11.1 Å². The van der Waals surface area contributed by atoms with Gasteiger partial charge in [-0.2, -0.15) is 0 Å². The van der Waals surface area contributed by atoms with Gasteiger partial charge in [-0.25, -0.2) is 0 Å². The molecule has 0 saturated heterocycles. The van der Waals surface area contributed by atoms with Crippen LogP contribution in [0.15, 0.2) is 30.5 Å². The number of fused-ring (bicyclic) bond motifs is 2. The highest BCUT2D eigenvalue weighted by atomic mass is 32.1. The number of hydrogen-bond acceptors (Lipinski definition) is 2. The van der Waals surface area contributed by atoms with E-state index in [4.69, 9.17) is 18.0 Å². The molecule has 1 aliphatic carbocycles. The monoisotopic (exact) mass is 298 g/mol. The molecule has 2 aliphatic rings. The van der Waals surface area contributed by atoms with Gasteiger partial charge in [0.15, 0.2) is 5.11 Å². The third-order valence-electron chi connectivity index (χ3n) is 4.60. The van der Waals surface area contributed by atoms with Gasteiger partial charge >= 0.3 is 0 Å². The van der Waals surface area contributed by atoms with Crippen molar-refractivity contribution in [1.82, 2.24) is 15.2 Å². The summed E-state index contributed by atoms with van der Waals surface area (Å²) >= 11 is 4.99. The molecule has 0 amide bonds. The summed E-state index contributed by atoms with van der Waals surface area (Å²) < 4.78 is 0. The molecule has 5 heteroatoms. The fourth-order valence-corrected chi connectivity index (χ4v) is 3.88. The number of thiocarbonyl (C=S) groups is 1. The van der Waals surface area contributed by atoms with Crippen molar-refractivity contribution in [3.05, 3.63) is 41.6 Å². The first kappa shape index (κ1) is 12.9. The Morgan fingerprint density at radius 2 is 2.33 bits per heavy atom. The van der Waals surface area contributed by atoms with Gasteiger partial charge in [0, 0.05) is 29.7 Å². The maximum absolute atomic E-state index is 5.64. The van der Waals surface area contributed by atoms with Crippen molar-refractivity contribution in [3.63, 3.8) is 0 Å². The average Bonchev–Trinajstić information content (AvgIpc) is 2.84. The predicted molar refractivity (Wildman–Crippen MR) is 90.1 cm³/mol. The molecule has 4 N–H and O–H groups in total. The second-order valence-electron chi connectivity index (χ2n) is 5.94. The molecule has 0 unspecified atom stereocenters. The number of benzene rings is 1. The number of H-pyrrole nitrogens is 1. The quantitative estimate of drug-likeness (QED) is 0.700. The van der Waals surface area contributed by atoms with Crippen LogP contribution in [-0.2, 0) is 6.42 Å². The Labute approximate surface area is 129 Å². The minimum Gasteiger partial charge on any atom is -0.376 e.